The molecule has 0 aliphatic carbocycles. The minimum atomic E-state index is -0.0872. The number of carbonyl (C=O) groups excluding carboxylic acids is 1. The second-order valence-corrected chi connectivity index (χ2v) is 5.04. The maximum absolute atomic E-state index is 12.1. The third kappa shape index (κ3) is 2.87. The van der Waals surface area contributed by atoms with Gasteiger partial charge in [0.15, 0.2) is 0 Å². The van der Waals surface area contributed by atoms with Crippen LogP contribution in [0, 0.1) is 11.3 Å². The summed E-state index contributed by atoms with van der Waals surface area (Å²) in [6.45, 7) is 1.39. The van der Waals surface area contributed by atoms with Crippen molar-refractivity contribution in [2.24, 2.45) is 0 Å². The number of nitriles is 1. The molecular formula is C17H15N3O. The maximum Gasteiger partial charge on any atom is 0.251 e. The molecule has 1 aliphatic heterocycles. The molecule has 21 heavy (non-hydrogen) atoms. The lowest BCUT2D eigenvalue weighted by Gasteiger charge is -2.07. The fourth-order valence-corrected chi connectivity index (χ4v) is 2.41. The standard InChI is InChI=1S/C17H15N3O/c18-10-12-1-3-13(4-2-12)11-20-17(21)15-6-5-14-7-8-19-16(14)9-15/h1-6,9,19H,7-8,11H2,(H,20,21). The van der Waals surface area contributed by atoms with Crippen molar-refractivity contribution >= 4 is 11.6 Å². The summed E-state index contributed by atoms with van der Waals surface area (Å²) in [6.07, 6.45) is 1.02. The predicted molar refractivity (Wildman–Crippen MR) is 81.0 cm³/mol. The summed E-state index contributed by atoms with van der Waals surface area (Å²) in [5.74, 6) is -0.0872. The molecule has 2 N–H and O–H groups in total. The Morgan fingerprint density at radius 3 is 2.81 bits per heavy atom. The van der Waals surface area contributed by atoms with Crippen molar-refractivity contribution < 1.29 is 4.79 Å². The van der Waals surface area contributed by atoms with Gasteiger partial charge in [-0.1, -0.05) is 18.2 Å². The monoisotopic (exact) mass is 277 g/mol. The highest BCUT2D eigenvalue weighted by atomic mass is 16.1. The van der Waals surface area contributed by atoms with Crippen LogP contribution in [0.3, 0.4) is 0 Å². The van der Waals surface area contributed by atoms with Crippen LogP contribution in [0.2, 0.25) is 0 Å². The molecule has 0 saturated heterocycles. The highest BCUT2D eigenvalue weighted by Crippen LogP contribution is 2.23. The van der Waals surface area contributed by atoms with E-state index in [1.165, 1.54) is 5.56 Å². The number of amides is 1. The summed E-state index contributed by atoms with van der Waals surface area (Å²) in [5, 5.41) is 14.9. The lowest BCUT2D eigenvalue weighted by Crippen LogP contribution is -2.22. The van der Waals surface area contributed by atoms with Crippen molar-refractivity contribution in [3.63, 3.8) is 0 Å². The lowest BCUT2D eigenvalue weighted by molar-refractivity contribution is 0.0951. The number of nitrogens with zero attached hydrogens (tertiary/aromatic N) is 1. The fourth-order valence-electron chi connectivity index (χ4n) is 2.41. The minimum absolute atomic E-state index is 0.0872. The molecule has 4 heteroatoms. The first kappa shape index (κ1) is 13.2. The smallest absolute Gasteiger partial charge is 0.251 e. The van der Waals surface area contributed by atoms with Crippen LogP contribution in [0.1, 0.15) is 27.0 Å². The van der Waals surface area contributed by atoms with E-state index in [0.717, 1.165) is 24.2 Å². The van der Waals surface area contributed by atoms with Crippen LogP contribution in [0.4, 0.5) is 5.69 Å². The molecule has 1 amide bonds. The molecule has 0 radical (unpaired) electrons. The molecule has 1 heterocycles. The van der Waals surface area contributed by atoms with Crippen LogP contribution in [0.25, 0.3) is 0 Å². The number of nitrogens with one attached hydrogen (secondary N) is 2. The van der Waals surface area contributed by atoms with Crippen molar-refractivity contribution in [1.29, 1.82) is 5.26 Å². The normalized spacial score (nSPS) is 12.1. The van der Waals surface area contributed by atoms with Crippen LogP contribution >= 0.6 is 0 Å². The van der Waals surface area contributed by atoms with Gasteiger partial charge >= 0.3 is 0 Å². The molecule has 1 aliphatic rings. The number of fused-ring (bicyclic) bond motifs is 1. The van der Waals surface area contributed by atoms with E-state index in [1.807, 2.05) is 30.3 Å². The SMILES string of the molecule is N#Cc1ccc(CNC(=O)c2ccc3c(c2)NCC3)cc1. The molecule has 0 unspecified atom stereocenters. The Balaban J connectivity index is 1.65. The number of anilines is 1. The first-order chi connectivity index (χ1) is 10.3. The van der Waals surface area contributed by atoms with Gasteiger partial charge in [0.25, 0.3) is 5.91 Å². The van der Waals surface area contributed by atoms with Crippen molar-refractivity contribution in [2.45, 2.75) is 13.0 Å². The number of benzene rings is 2. The Bertz CT molecular complexity index is 714. The average Bonchev–Trinajstić information content (AvgIpc) is 3.00. The summed E-state index contributed by atoms with van der Waals surface area (Å²) in [7, 11) is 0. The van der Waals surface area contributed by atoms with Crippen LogP contribution in [-0.4, -0.2) is 12.5 Å². The molecule has 2 aromatic carbocycles. The zero-order chi connectivity index (χ0) is 14.7. The molecule has 0 spiro atoms. The number of hydrogen-bond donors (Lipinski definition) is 2. The van der Waals surface area contributed by atoms with Gasteiger partial charge in [0, 0.05) is 24.3 Å². The second-order valence-electron chi connectivity index (χ2n) is 5.04. The zero-order valence-electron chi connectivity index (χ0n) is 11.5. The summed E-state index contributed by atoms with van der Waals surface area (Å²) >= 11 is 0. The summed E-state index contributed by atoms with van der Waals surface area (Å²) in [4.78, 5) is 12.1. The van der Waals surface area contributed by atoms with E-state index in [2.05, 4.69) is 16.7 Å². The predicted octanol–water partition coefficient (Wildman–Crippen LogP) is 2.46. The molecule has 0 atom stereocenters. The van der Waals surface area contributed by atoms with E-state index in [1.54, 1.807) is 12.1 Å². The van der Waals surface area contributed by atoms with Gasteiger partial charge in [0.2, 0.25) is 0 Å². The van der Waals surface area contributed by atoms with Crippen LogP contribution in [0.15, 0.2) is 42.5 Å². The average molecular weight is 277 g/mol. The summed E-state index contributed by atoms with van der Waals surface area (Å²) in [6, 6.07) is 15.0. The van der Waals surface area contributed by atoms with Gasteiger partial charge in [0.1, 0.15) is 0 Å². The second kappa shape index (κ2) is 5.68. The quantitative estimate of drug-likeness (QED) is 0.905. The Hall–Kier alpha value is -2.80. The molecule has 4 nitrogen and oxygen atoms in total. The minimum Gasteiger partial charge on any atom is -0.384 e. The van der Waals surface area contributed by atoms with Gasteiger partial charge < -0.3 is 10.6 Å². The fraction of sp³-hybridized carbons (Fsp3) is 0.176. The van der Waals surface area contributed by atoms with Crippen molar-refractivity contribution in [1.82, 2.24) is 5.32 Å². The summed E-state index contributed by atoms with van der Waals surface area (Å²) < 4.78 is 0. The van der Waals surface area contributed by atoms with Crippen molar-refractivity contribution in [3.8, 4) is 6.07 Å². The number of hydrogen-bond acceptors (Lipinski definition) is 3. The third-order valence-corrected chi connectivity index (χ3v) is 3.62. The topological polar surface area (TPSA) is 64.9 Å². The Morgan fingerprint density at radius 2 is 2.05 bits per heavy atom. The van der Waals surface area contributed by atoms with Gasteiger partial charge in [0.05, 0.1) is 11.6 Å². The van der Waals surface area contributed by atoms with Gasteiger partial charge in [-0.2, -0.15) is 5.26 Å². The largest absolute Gasteiger partial charge is 0.384 e. The van der Waals surface area contributed by atoms with E-state index < -0.39 is 0 Å². The lowest BCUT2D eigenvalue weighted by atomic mass is 10.1. The Kier molecular flexibility index (Phi) is 3.57. The molecule has 0 saturated carbocycles. The molecule has 104 valence electrons. The van der Waals surface area contributed by atoms with Crippen LogP contribution < -0.4 is 10.6 Å². The summed E-state index contributed by atoms with van der Waals surface area (Å²) in [5.41, 5.74) is 4.58. The molecule has 0 fully saturated rings. The number of rotatable bonds is 3. The van der Waals surface area contributed by atoms with Crippen molar-refractivity contribution in [2.75, 3.05) is 11.9 Å². The van der Waals surface area contributed by atoms with Crippen molar-refractivity contribution in [3.05, 3.63) is 64.7 Å². The van der Waals surface area contributed by atoms with Crippen LogP contribution in [-0.2, 0) is 13.0 Å². The first-order valence-corrected chi connectivity index (χ1v) is 6.90. The van der Waals surface area contributed by atoms with Gasteiger partial charge in [-0.25, -0.2) is 0 Å². The highest BCUT2D eigenvalue weighted by Gasteiger charge is 2.13. The molecule has 0 bridgehead atoms. The Morgan fingerprint density at radius 1 is 1.24 bits per heavy atom. The van der Waals surface area contributed by atoms with E-state index >= 15 is 0 Å². The van der Waals surface area contributed by atoms with E-state index in [0.29, 0.717) is 17.7 Å². The van der Waals surface area contributed by atoms with Gasteiger partial charge in [-0.05, 0) is 41.8 Å². The molecule has 0 aromatic heterocycles. The molecule has 2 aromatic rings. The van der Waals surface area contributed by atoms with E-state index in [9.17, 15) is 4.79 Å². The van der Waals surface area contributed by atoms with Gasteiger partial charge in [-0.3, -0.25) is 4.79 Å². The van der Waals surface area contributed by atoms with E-state index in [-0.39, 0.29) is 5.91 Å². The van der Waals surface area contributed by atoms with Crippen LogP contribution in [0.5, 0.6) is 0 Å². The first-order valence-electron chi connectivity index (χ1n) is 6.90. The Labute approximate surface area is 123 Å². The highest BCUT2D eigenvalue weighted by molar-refractivity contribution is 5.95. The van der Waals surface area contributed by atoms with Gasteiger partial charge in [-0.15, -0.1) is 0 Å². The molecule has 3 rings (SSSR count). The maximum atomic E-state index is 12.1. The molecular weight excluding hydrogens is 262 g/mol. The van der Waals surface area contributed by atoms with E-state index in [4.69, 9.17) is 5.26 Å². The zero-order valence-corrected chi connectivity index (χ0v) is 11.5. The number of carbonyl (C=O) groups is 1. The third-order valence-electron chi connectivity index (χ3n) is 3.62.